The van der Waals surface area contributed by atoms with Gasteiger partial charge in [-0.1, -0.05) is 60.4 Å². The zero-order valence-electron chi connectivity index (χ0n) is 18.4. The molecule has 3 aromatic rings. The van der Waals surface area contributed by atoms with Crippen molar-refractivity contribution in [3.05, 3.63) is 80.6 Å². The van der Waals surface area contributed by atoms with Crippen LogP contribution in [0.5, 0.6) is 0 Å². The minimum absolute atomic E-state index is 0.0490. The molecule has 1 amide bonds. The van der Waals surface area contributed by atoms with Crippen LogP contribution in [-0.4, -0.2) is 37.6 Å². The lowest BCUT2D eigenvalue weighted by molar-refractivity contribution is -0.123. The Morgan fingerprint density at radius 2 is 1.88 bits per heavy atom. The Hall–Kier alpha value is -2.97. The number of rotatable bonds is 5. The second kappa shape index (κ2) is 8.88. The van der Waals surface area contributed by atoms with Crippen LogP contribution in [0.1, 0.15) is 30.5 Å². The number of carbonyl (C=O) groups is 1. The van der Waals surface area contributed by atoms with Crippen molar-refractivity contribution in [3.8, 4) is 0 Å². The summed E-state index contributed by atoms with van der Waals surface area (Å²) in [6.07, 6.45) is 3.35. The lowest BCUT2D eigenvalue weighted by Crippen LogP contribution is -2.34. The van der Waals surface area contributed by atoms with E-state index < -0.39 is 0 Å². The first-order valence-corrected chi connectivity index (χ1v) is 11.5. The van der Waals surface area contributed by atoms with Gasteiger partial charge in [-0.2, -0.15) is 0 Å². The number of fused-ring (bicyclic) bond motifs is 1. The van der Waals surface area contributed by atoms with Crippen LogP contribution < -0.4 is 10.5 Å². The van der Waals surface area contributed by atoms with Crippen molar-refractivity contribution in [2.75, 3.05) is 11.9 Å². The summed E-state index contributed by atoms with van der Waals surface area (Å²) < 4.78 is 2.03. The molecule has 0 unspecified atom stereocenters. The number of benzene rings is 1. The zero-order chi connectivity index (χ0) is 23.0. The Labute approximate surface area is 196 Å². The molecule has 8 heteroatoms. The van der Waals surface area contributed by atoms with E-state index >= 15 is 0 Å². The third kappa shape index (κ3) is 4.08. The lowest BCUT2D eigenvalue weighted by atomic mass is 10.2. The van der Waals surface area contributed by atoms with Crippen LogP contribution in [0.25, 0.3) is 11.7 Å². The summed E-state index contributed by atoms with van der Waals surface area (Å²) in [5.41, 5.74) is 2.74. The number of aryl methyl sites for hydroxylation is 1. The van der Waals surface area contributed by atoms with E-state index in [2.05, 4.69) is 0 Å². The van der Waals surface area contributed by atoms with Crippen molar-refractivity contribution < 1.29 is 4.79 Å². The second-order valence-corrected chi connectivity index (χ2v) is 9.70. The molecule has 3 heterocycles. The van der Waals surface area contributed by atoms with Crippen LogP contribution in [-0.2, 0) is 11.3 Å². The van der Waals surface area contributed by atoms with E-state index in [1.807, 2.05) is 75.2 Å². The van der Waals surface area contributed by atoms with Gasteiger partial charge in [-0.25, -0.2) is 4.98 Å². The molecule has 0 N–H and O–H groups in total. The molecule has 0 aliphatic carbocycles. The first-order chi connectivity index (χ1) is 15.3. The highest BCUT2D eigenvalue weighted by Gasteiger charge is 2.34. The minimum atomic E-state index is -0.219. The van der Waals surface area contributed by atoms with Crippen LogP contribution in [0.15, 0.2) is 58.4 Å². The molecule has 1 aliphatic heterocycles. The zero-order valence-corrected chi connectivity index (χ0v) is 20.0. The standard InChI is InChI=1S/C24H24N4O2S2/c1-15(2)28-23(30)19(32-24(28)31)13-18-21(26(4)14-17-10-6-5-7-11-17)25-20-16(3)9-8-12-27(20)22(18)29/h5-13,15H,14H2,1-4H3/b19-13-. The topological polar surface area (TPSA) is 57.9 Å². The molecule has 1 aliphatic rings. The highest BCUT2D eigenvalue weighted by Crippen LogP contribution is 2.34. The monoisotopic (exact) mass is 464 g/mol. The summed E-state index contributed by atoms with van der Waals surface area (Å²) in [5, 5.41) is 0. The van der Waals surface area contributed by atoms with Crippen molar-refractivity contribution in [2.24, 2.45) is 0 Å². The van der Waals surface area contributed by atoms with Gasteiger partial charge < -0.3 is 4.90 Å². The summed E-state index contributed by atoms with van der Waals surface area (Å²) in [7, 11) is 1.90. The molecule has 1 fully saturated rings. The minimum Gasteiger partial charge on any atom is -0.355 e. The van der Waals surface area contributed by atoms with Gasteiger partial charge in [0.25, 0.3) is 11.5 Å². The summed E-state index contributed by atoms with van der Waals surface area (Å²) in [6, 6.07) is 13.7. The Kier molecular flexibility index (Phi) is 6.17. The highest BCUT2D eigenvalue weighted by molar-refractivity contribution is 8.26. The predicted molar refractivity (Wildman–Crippen MR) is 135 cm³/mol. The van der Waals surface area contributed by atoms with Gasteiger partial charge in [0.2, 0.25) is 0 Å². The number of thiocarbonyl (C=S) groups is 1. The Bertz CT molecular complexity index is 1300. The molecule has 2 aromatic heterocycles. The van der Waals surface area contributed by atoms with E-state index in [-0.39, 0.29) is 17.5 Å². The maximum atomic E-state index is 13.5. The van der Waals surface area contributed by atoms with Crippen LogP contribution >= 0.6 is 24.0 Å². The lowest BCUT2D eigenvalue weighted by Gasteiger charge is -2.21. The number of amides is 1. The SMILES string of the molecule is Cc1cccn2c(=O)c(/C=C3\SC(=S)N(C(C)C)C3=O)c(N(C)Cc3ccccc3)nc12. The molecule has 164 valence electrons. The number of nitrogens with zero attached hydrogens (tertiary/aromatic N) is 4. The van der Waals surface area contributed by atoms with Gasteiger partial charge in [0, 0.05) is 25.8 Å². The molecule has 0 spiro atoms. The van der Waals surface area contributed by atoms with Crippen molar-refractivity contribution >= 4 is 51.7 Å². The highest BCUT2D eigenvalue weighted by atomic mass is 32.2. The van der Waals surface area contributed by atoms with Crippen molar-refractivity contribution in [3.63, 3.8) is 0 Å². The fourth-order valence-electron chi connectivity index (χ4n) is 3.71. The number of hydrogen-bond acceptors (Lipinski definition) is 6. The average Bonchev–Trinajstić information content (AvgIpc) is 3.04. The second-order valence-electron chi connectivity index (χ2n) is 8.03. The average molecular weight is 465 g/mol. The molecule has 0 saturated carbocycles. The predicted octanol–water partition coefficient (Wildman–Crippen LogP) is 4.25. The number of thioether (sulfide) groups is 1. The molecule has 0 radical (unpaired) electrons. The van der Waals surface area contributed by atoms with Gasteiger partial charge >= 0.3 is 0 Å². The number of aromatic nitrogens is 2. The van der Waals surface area contributed by atoms with E-state index in [0.717, 1.165) is 11.1 Å². The van der Waals surface area contributed by atoms with Crippen molar-refractivity contribution in [1.29, 1.82) is 0 Å². The maximum absolute atomic E-state index is 13.5. The Morgan fingerprint density at radius 1 is 1.16 bits per heavy atom. The number of hydrogen-bond donors (Lipinski definition) is 0. The van der Waals surface area contributed by atoms with E-state index in [4.69, 9.17) is 17.2 Å². The summed E-state index contributed by atoms with van der Waals surface area (Å²) in [4.78, 5) is 35.3. The van der Waals surface area contributed by atoms with E-state index in [0.29, 0.717) is 32.8 Å². The van der Waals surface area contributed by atoms with Gasteiger partial charge in [-0.3, -0.25) is 18.9 Å². The Balaban J connectivity index is 1.88. The Morgan fingerprint density at radius 3 is 2.53 bits per heavy atom. The molecular weight excluding hydrogens is 440 g/mol. The summed E-state index contributed by atoms with van der Waals surface area (Å²) >= 11 is 6.62. The van der Waals surface area contributed by atoms with Gasteiger partial charge in [-0.15, -0.1) is 0 Å². The first-order valence-electron chi connectivity index (χ1n) is 10.3. The molecule has 6 nitrogen and oxygen atoms in total. The molecule has 1 saturated heterocycles. The van der Waals surface area contributed by atoms with Gasteiger partial charge in [0.15, 0.2) is 0 Å². The smallest absolute Gasteiger partial charge is 0.267 e. The maximum Gasteiger partial charge on any atom is 0.267 e. The first kappa shape index (κ1) is 22.2. The molecule has 32 heavy (non-hydrogen) atoms. The fourth-order valence-corrected chi connectivity index (χ4v) is 5.21. The van der Waals surface area contributed by atoms with Gasteiger partial charge in [0.05, 0.1) is 10.5 Å². The molecule has 4 rings (SSSR count). The third-order valence-electron chi connectivity index (χ3n) is 5.30. The summed E-state index contributed by atoms with van der Waals surface area (Å²) in [6.45, 7) is 6.34. The van der Waals surface area contributed by atoms with Crippen LogP contribution in [0, 0.1) is 6.92 Å². The van der Waals surface area contributed by atoms with Gasteiger partial charge in [0.1, 0.15) is 15.8 Å². The summed E-state index contributed by atoms with van der Waals surface area (Å²) in [5.74, 6) is 0.350. The molecular formula is C24H24N4O2S2. The quantitative estimate of drug-likeness (QED) is 0.416. The molecule has 1 aromatic carbocycles. The normalized spacial score (nSPS) is 15.4. The number of carbonyl (C=O) groups excluding carboxylic acids is 1. The van der Waals surface area contributed by atoms with Crippen LogP contribution in [0.2, 0.25) is 0 Å². The van der Waals surface area contributed by atoms with Crippen LogP contribution in [0.4, 0.5) is 5.82 Å². The fraction of sp³-hybridized carbons (Fsp3) is 0.250. The molecule has 0 atom stereocenters. The molecule has 0 bridgehead atoms. The van der Waals surface area contributed by atoms with Crippen molar-refractivity contribution in [2.45, 2.75) is 33.4 Å². The van der Waals surface area contributed by atoms with Crippen LogP contribution in [0.3, 0.4) is 0 Å². The van der Waals surface area contributed by atoms with E-state index in [1.165, 1.54) is 16.2 Å². The number of pyridine rings is 1. The van der Waals surface area contributed by atoms with E-state index in [1.54, 1.807) is 17.2 Å². The van der Waals surface area contributed by atoms with Gasteiger partial charge in [-0.05, 0) is 44.0 Å². The van der Waals surface area contributed by atoms with Crippen molar-refractivity contribution in [1.82, 2.24) is 14.3 Å². The number of anilines is 1. The third-order valence-corrected chi connectivity index (χ3v) is 6.63. The van der Waals surface area contributed by atoms with E-state index in [9.17, 15) is 9.59 Å². The largest absolute Gasteiger partial charge is 0.355 e.